The zero-order chi connectivity index (χ0) is 14.4. The molecule has 0 bridgehead atoms. The summed E-state index contributed by atoms with van der Waals surface area (Å²) in [6.45, 7) is 5.77. The van der Waals surface area contributed by atoms with Crippen LogP contribution < -0.4 is 5.32 Å². The first-order chi connectivity index (χ1) is 9.70. The first kappa shape index (κ1) is 14.8. The first-order valence-corrected chi connectivity index (χ1v) is 7.32. The molecule has 108 valence electrons. The van der Waals surface area contributed by atoms with Crippen LogP contribution in [-0.4, -0.2) is 26.3 Å². The van der Waals surface area contributed by atoms with Crippen LogP contribution in [0.4, 0.5) is 5.82 Å². The fraction of sp³-hybridized carbons (Fsp3) is 0.500. The second-order valence-electron chi connectivity index (χ2n) is 4.70. The Bertz CT molecular complexity index is 539. The van der Waals surface area contributed by atoms with Gasteiger partial charge in [-0.05, 0) is 25.8 Å². The van der Waals surface area contributed by atoms with Crippen molar-refractivity contribution < 1.29 is 0 Å². The second-order valence-corrected chi connectivity index (χ2v) is 5.06. The summed E-state index contributed by atoms with van der Waals surface area (Å²) < 4.78 is 1.92. The van der Waals surface area contributed by atoms with Gasteiger partial charge < -0.3 is 5.32 Å². The molecule has 0 aliphatic heterocycles. The van der Waals surface area contributed by atoms with E-state index in [1.54, 1.807) is 6.20 Å². The molecule has 5 nitrogen and oxygen atoms in total. The number of anilines is 1. The van der Waals surface area contributed by atoms with Gasteiger partial charge in [0.2, 0.25) is 0 Å². The molecule has 2 rings (SSSR count). The van der Waals surface area contributed by atoms with Crippen LogP contribution in [0.25, 0.3) is 0 Å². The average Bonchev–Trinajstić information content (AvgIpc) is 2.93. The maximum Gasteiger partial charge on any atom is 0.137 e. The van der Waals surface area contributed by atoms with Gasteiger partial charge in [0, 0.05) is 37.5 Å². The lowest BCUT2D eigenvalue weighted by Crippen LogP contribution is -2.11. The van der Waals surface area contributed by atoms with E-state index in [1.807, 2.05) is 23.9 Å². The van der Waals surface area contributed by atoms with Gasteiger partial charge in [-0.1, -0.05) is 18.5 Å². The van der Waals surface area contributed by atoms with Gasteiger partial charge in [0.15, 0.2) is 0 Å². The van der Waals surface area contributed by atoms with Crippen molar-refractivity contribution in [2.45, 2.75) is 39.7 Å². The predicted molar refractivity (Wildman–Crippen MR) is 81.1 cm³/mol. The maximum atomic E-state index is 6.14. The minimum absolute atomic E-state index is 0.540. The normalized spacial score (nSPS) is 10.8. The molecule has 0 saturated carbocycles. The first-order valence-electron chi connectivity index (χ1n) is 6.95. The Hall–Kier alpha value is -1.62. The molecule has 0 fully saturated rings. The van der Waals surface area contributed by atoms with Gasteiger partial charge in [-0.15, -0.1) is 0 Å². The lowest BCUT2D eigenvalue weighted by molar-refractivity contribution is 0.591. The predicted octanol–water partition coefficient (Wildman–Crippen LogP) is 3.09. The molecule has 2 aromatic heterocycles. The largest absolute Gasteiger partial charge is 0.370 e. The minimum atomic E-state index is 0.540. The standard InChI is InChI=1S/C14H20ClN5/c1-3-6-12-18-13(15)11(2)14(19-12)16-7-4-9-20-10-5-8-17-20/h5,8,10H,3-4,6-7,9H2,1-2H3,(H,16,18,19). The van der Waals surface area contributed by atoms with Gasteiger partial charge in [0.05, 0.1) is 0 Å². The number of hydrogen-bond donors (Lipinski definition) is 1. The van der Waals surface area contributed by atoms with E-state index in [-0.39, 0.29) is 0 Å². The molecule has 0 spiro atoms. The average molecular weight is 294 g/mol. The van der Waals surface area contributed by atoms with Crippen LogP contribution in [0.5, 0.6) is 0 Å². The number of aryl methyl sites for hydroxylation is 2. The molecule has 0 aromatic carbocycles. The van der Waals surface area contributed by atoms with E-state index >= 15 is 0 Å². The Morgan fingerprint density at radius 3 is 2.90 bits per heavy atom. The number of aromatic nitrogens is 4. The molecule has 0 radical (unpaired) electrons. The quantitative estimate of drug-likeness (QED) is 0.629. The summed E-state index contributed by atoms with van der Waals surface area (Å²) >= 11 is 6.14. The third-order valence-corrected chi connectivity index (χ3v) is 3.39. The van der Waals surface area contributed by atoms with Crippen LogP contribution in [0.2, 0.25) is 5.15 Å². The fourth-order valence-corrected chi connectivity index (χ4v) is 2.11. The van der Waals surface area contributed by atoms with E-state index in [9.17, 15) is 0 Å². The van der Waals surface area contributed by atoms with E-state index in [2.05, 4.69) is 27.3 Å². The van der Waals surface area contributed by atoms with Gasteiger partial charge in [-0.25, -0.2) is 9.97 Å². The summed E-state index contributed by atoms with van der Waals surface area (Å²) in [6.07, 6.45) is 6.59. The zero-order valence-corrected chi connectivity index (χ0v) is 12.7. The lowest BCUT2D eigenvalue weighted by Gasteiger charge is -2.11. The van der Waals surface area contributed by atoms with Crippen molar-refractivity contribution in [3.8, 4) is 0 Å². The highest BCUT2D eigenvalue weighted by molar-refractivity contribution is 6.30. The molecule has 2 aromatic rings. The van der Waals surface area contributed by atoms with Crippen molar-refractivity contribution in [3.05, 3.63) is 35.0 Å². The maximum absolute atomic E-state index is 6.14. The van der Waals surface area contributed by atoms with Gasteiger partial charge >= 0.3 is 0 Å². The third kappa shape index (κ3) is 3.93. The summed E-state index contributed by atoms with van der Waals surface area (Å²) in [7, 11) is 0. The van der Waals surface area contributed by atoms with Gasteiger partial charge in [0.1, 0.15) is 16.8 Å². The van der Waals surface area contributed by atoms with Crippen LogP contribution in [0.15, 0.2) is 18.5 Å². The molecular weight excluding hydrogens is 274 g/mol. The van der Waals surface area contributed by atoms with Crippen LogP contribution >= 0.6 is 11.6 Å². The second kappa shape index (κ2) is 7.24. The Kier molecular flexibility index (Phi) is 5.35. The van der Waals surface area contributed by atoms with Crippen LogP contribution in [0, 0.1) is 6.92 Å². The molecular formula is C14H20ClN5. The van der Waals surface area contributed by atoms with Gasteiger partial charge in [-0.3, -0.25) is 4.68 Å². The van der Waals surface area contributed by atoms with Gasteiger partial charge in [0.25, 0.3) is 0 Å². The van der Waals surface area contributed by atoms with Crippen molar-refractivity contribution in [3.63, 3.8) is 0 Å². The molecule has 6 heteroatoms. The summed E-state index contributed by atoms with van der Waals surface area (Å²) in [5.41, 5.74) is 0.908. The van der Waals surface area contributed by atoms with Crippen LogP contribution in [0.1, 0.15) is 31.2 Å². The number of nitrogens with zero attached hydrogens (tertiary/aromatic N) is 4. The molecule has 20 heavy (non-hydrogen) atoms. The molecule has 0 aliphatic rings. The summed E-state index contributed by atoms with van der Waals surface area (Å²) in [4.78, 5) is 8.82. The number of halogens is 1. The van der Waals surface area contributed by atoms with Crippen molar-refractivity contribution >= 4 is 17.4 Å². The Morgan fingerprint density at radius 2 is 2.20 bits per heavy atom. The van der Waals surface area contributed by atoms with Crippen molar-refractivity contribution in [2.24, 2.45) is 0 Å². The Morgan fingerprint density at radius 1 is 1.35 bits per heavy atom. The van der Waals surface area contributed by atoms with Crippen LogP contribution in [-0.2, 0) is 13.0 Å². The molecule has 1 N–H and O–H groups in total. The monoisotopic (exact) mass is 293 g/mol. The molecule has 0 amide bonds. The smallest absolute Gasteiger partial charge is 0.137 e. The summed E-state index contributed by atoms with van der Waals surface area (Å²) in [5, 5.41) is 8.05. The molecule has 0 atom stereocenters. The Labute approximate surface area is 124 Å². The highest BCUT2D eigenvalue weighted by Gasteiger charge is 2.08. The van der Waals surface area contributed by atoms with Crippen LogP contribution in [0.3, 0.4) is 0 Å². The van der Waals surface area contributed by atoms with E-state index in [4.69, 9.17) is 11.6 Å². The molecule has 0 unspecified atom stereocenters. The van der Waals surface area contributed by atoms with E-state index < -0.39 is 0 Å². The van der Waals surface area contributed by atoms with Crippen molar-refractivity contribution in [2.75, 3.05) is 11.9 Å². The Balaban J connectivity index is 1.91. The highest BCUT2D eigenvalue weighted by atomic mass is 35.5. The number of rotatable bonds is 7. The van der Waals surface area contributed by atoms with Gasteiger partial charge in [-0.2, -0.15) is 5.10 Å². The van der Waals surface area contributed by atoms with Crippen molar-refractivity contribution in [1.29, 1.82) is 0 Å². The summed E-state index contributed by atoms with van der Waals surface area (Å²) in [5.74, 6) is 1.64. The lowest BCUT2D eigenvalue weighted by atomic mass is 10.3. The minimum Gasteiger partial charge on any atom is -0.370 e. The molecule has 0 aliphatic carbocycles. The van der Waals surface area contributed by atoms with E-state index in [0.29, 0.717) is 5.15 Å². The van der Waals surface area contributed by atoms with Crippen molar-refractivity contribution in [1.82, 2.24) is 19.7 Å². The topological polar surface area (TPSA) is 55.6 Å². The number of nitrogens with one attached hydrogen (secondary N) is 1. The van der Waals surface area contributed by atoms with E-state index in [0.717, 1.165) is 49.6 Å². The molecule has 0 saturated heterocycles. The number of hydrogen-bond acceptors (Lipinski definition) is 4. The summed E-state index contributed by atoms with van der Waals surface area (Å²) in [6, 6.07) is 1.93. The van der Waals surface area contributed by atoms with E-state index in [1.165, 1.54) is 0 Å². The zero-order valence-electron chi connectivity index (χ0n) is 11.9. The highest BCUT2D eigenvalue weighted by Crippen LogP contribution is 2.20. The SMILES string of the molecule is CCCc1nc(Cl)c(C)c(NCCCn2cccn2)n1. The fourth-order valence-electron chi connectivity index (χ4n) is 1.92. The third-order valence-electron chi connectivity index (χ3n) is 3.02. The molecule has 2 heterocycles.